The number of nitrogens with one attached hydrogen (secondary N) is 1. The Kier molecular flexibility index (Phi) is 4.68. The van der Waals surface area contributed by atoms with Crippen LogP contribution in [-0.2, 0) is 6.18 Å². The highest BCUT2D eigenvalue weighted by Crippen LogP contribution is 2.31. The summed E-state index contributed by atoms with van der Waals surface area (Å²) in [6, 6.07) is 11.1. The molecule has 1 nitrogen and oxygen atoms in total. The van der Waals surface area contributed by atoms with E-state index in [9.17, 15) is 26.3 Å². The maximum absolute atomic E-state index is 13.0. The van der Waals surface area contributed by atoms with E-state index in [4.69, 9.17) is 0 Å². The van der Waals surface area contributed by atoms with Crippen LogP contribution in [0, 0.1) is 0 Å². The molecule has 0 aliphatic rings. The van der Waals surface area contributed by atoms with Crippen LogP contribution in [0.2, 0.25) is 0 Å². The van der Waals surface area contributed by atoms with E-state index >= 15 is 0 Å². The van der Waals surface area contributed by atoms with E-state index in [1.54, 1.807) is 18.2 Å². The second-order valence-corrected chi connectivity index (χ2v) is 4.67. The molecule has 0 fully saturated rings. The van der Waals surface area contributed by atoms with E-state index in [1.165, 1.54) is 12.1 Å². The van der Waals surface area contributed by atoms with Gasteiger partial charge in [0.15, 0.2) is 0 Å². The fraction of sp³-hybridized carbons (Fsp3) is 0.125. The molecule has 0 atom stereocenters. The minimum absolute atomic E-state index is 0.00811. The van der Waals surface area contributed by atoms with Gasteiger partial charge in [-0.3, -0.25) is 0 Å². The van der Waals surface area contributed by atoms with E-state index in [0.29, 0.717) is 0 Å². The molecule has 23 heavy (non-hydrogen) atoms. The van der Waals surface area contributed by atoms with Crippen molar-refractivity contribution in [1.29, 1.82) is 0 Å². The second kappa shape index (κ2) is 6.36. The molecule has 2 aromatic carbocycles. The zero-order chi connectivity index (χ0) is 17.1. The molecule has 2 rings (SSSR count). The molecule has 2 aromatic rings. The Morgan fingerprint density at radius 1 is 0.783 bits per heavy atom. The molecule has 7 heteroatoms. The highest BCUT2D eigenvalue weighted by Gasteiger charge is 2.34. The zero-order valence-corrected chi connectivity index (χ0v) is 11.5. The van der Waals surface area contributed by atoms with Crippen molar-refractivity contribution in [3.8, 4) is 0 Å². The third-order valence-electron chi connectivity index (χ3n) is 2.91. The number of hydrogen-bond acceptors (Lipinski definition) is 1. The van der Waals surface area contributed by atoms with Crippen LogP contribution in [0.15, 0.2) is 60.3 Å². The average Bonchev–Trinajstić information content (AvgIpc) is 2.46. The van der Waals surface area contributed by atoms with Crippen LogP contribution in [0.5, 0.6) is 0 Å². The number of allylic oxidation sites excluding steroid dienone is 1. The van der Waals surface area contributed by atoms with Gasteiger partial charge < -0.3 is 5.32 Å². The van der Waals surface area contributed by atoms with Gasteiger partial charge in [0.05, 0.1) is 5.56 Å². The van der Waals surface area contributed by atoms with E-state index in [1.807, 2.05) is 0 Å². The number of para-hydroxylation sites is 1. The number of hydrogen-bond donors (Lipinski definition) is 1. The molecule has 0 unspecified atom stereocenters. The summed E-state index contributed by atoms with van der Waals surface area (Å²) >= 11 is 0. The summed E-state index contributed by atoms with van der Waals surface area (Å²) in [4.78, 5) is 0. The van der Waals surface area contributed by atoms with E-state index in [0.717, 1.165) is 30.3 Å². The van der Waals surface area contributed by atoms with Crippen LogP contribution in [0.3, 0.4) is 0 Å². The Labute approximate surface area is 128 Å². The summed E-state index contributed by atoms with van der Waals surface area (Å²) in [6.07, 6.45) is -8.44. The van der Waals surface area contributed by atoms with Crippen molar-refractivity contribution >= 4 is 11.8 Å². The Bertz CT molecular complexity index is 668. The molecule has 0 saturated heterocycles. The lowest BCUT2D eigenvalue weighted by Crippen LogP contribution is -2.18. The van der Waals surface area contributed by atoms with Crippen molar-refractivity contribution in [2.45, 2.75) is 12.4 Å². The van der Waals surface area contributed by atoms with Crippen molar-refractivity contribution in [2.75, 3.05) is 5.32 Å². The first-order valence-corrected chi connectivity index (χ1v) is 6.44. The molecule has 0 aliphatic heterocycles. The molecule has 122 valence electrons. The minimum Gasteiger partial charge on any atom is -0.352 e. The van der Waals surface area contributed by atoms with Gasteiger partial charge in [-0.25, -0.2) is 0 Å². The molecule has 0 radical (unpaired) electrons. The highest BCUT2D eigenvalue weighted by atomic mass is 19.4. The molecule has 0 heterocycles. The zero-order valence-electron chi connectivity index (χ0n) is 11.5. The molecular formula is C16H11F6N. The number of halogens is 6. The lowest BCUT2D eigenvalue weighted by atomic mass is 10.1. The average molecular weight is 331 g/mol. The monoisotopic (exact) mass is 331 g/mol. The summed E-state index contributed by atoms with van der Waals surface area (Å²) < 4.78 is 76.5. The van der Waals surface area contributed by atoms with Crippen molar-refractivity contribution in [1.82, 2.24) is 0 Å². The van der Waals surface area contributed by atoms with Crippen LogP contribution in [0.1, 0.15) is 11.1 Å². The van der Waals surface area contributed by atoms with E-state index < -0.39 is 23.6 Å². The Hall–Kier alpha value is -2.44. The number of alkyl halides is 6. The molecule has 0 saturated carbocycles. The van der Waals surface area contributed by atoms with Gasteiger partial charge in [-0.2, -0.15) is 26.3 Å². The van der Waals surface area contributed by atoms with Crippen LogP contribution in [0.25, 0.3) is 6.08 Å². The van der Waals surface area contributed by atoms with Crippen molar-refractivity contribution in [3.63, 3.8) is 0 Å². The molecule has 0 aromatic heterocycles. The largest absolute Gasteiger partial charge is 0.431 e. The topological polar surface area (TPSA) is 12.0 Å². The predicted molar refractivity (Wildman–Crippen MR) is 75.5 cm³/mol. The van der Waals surface area contributed by atoms with Crippen LogP contribution >= 0.6 is 0 Å². The van der Waals surface area contributed by atoms with Crippen LogP contribution in [0.4, 0.5) is 32.0 Å². The van der Waals surface area contributed by atoms with Crippen LogP contribution in [-0.4, -0.2) is 6.18 Å². The molecule has 0 bridgehead atoms. The summed E-state index contributed by atoms with van der Waals surface area (Å²) in [6.45, 7) is 0. The standard InChI is InChI=1S/C16H11F6N/c17-15(18,19)12-8-6-11(7-9-12)10-14(16(20,21)22)23-13-4-2-1-3-5-13/h1-10,23H. The number of anilines is 1. The second-order valence-electron chi connectivity index (χ2n) is 4.67. The van der Waals surface area contributed by atoms with Gasteiger partial charge in [-0.05, 0) is 35.9 Å². The highest BCUT2D eigenvalue weighted by molar-refractivity contribution is 5.61. The molecule has 1 N–H and O–H groups in total. The molecule has 0 aliphatic carbocycles. The maximum atomic E-state index is 13.0. The lowest BCUT2D eigenvalue weighted by molar-refractivity contribution is -0.137. The van der Waals surface area contributed by atoms with Crippen molar-refractivity contribution in [2.24, 2.45) is 0 Å². The first-order valence-electron chi connectivity index (χ1n) is 6.44. The summed E-state index contributed by atoms with van der Waals surface area (Å²) in [5.41, 5.74) is -1.75. The van der Waals surface area contributed by atoms with Gasteiger partial charge in [0.2, 0.25) is 0 Å². The van der Waals surface area contributed by atoms with E-state index in [2.05, 4.69) is 5.32 Å². The summed E-state index contributed by atoms with van der Waals surface area (Å²) in [7, 11) is 0. The Morgan fingerprint density at radius 2 is 1.35 bits per heavy atom. The first-order chi connectivity index (χ1) is 10.7. The molecule has 0 spiro atoms. The first kappa shape index (κ1) is 16.9. The Morgan fingerprint density at radius 3 is 1.83 bits per heavy atom. The van der Waals surface area contributed by atoms with Gasteiger partial charge >= 0.3 is 12.4 Å². The van der Waals surface area contributed by atoms with Crippen molar-refractivity contribution in [3.05, 3.63) is 71.4 Å². The number of benzene rings is 2. The normalized spacial score (nSPS) is 13.0. The summed E-state index contributed by atoms with van der Waals surface area (Å²) in [5.74, 6) is 0. The van der Waals surface area contributed by atoms with Crippen LogP contribution < -0.4 is 5.32 Å². The molecule has 0 amide bonds. The number of rotatable bonds is 3. The fourth-order valence-corrected chi connectivity index (χ4v) is 1.80. The quantitative estimate of drug-likeness (QED) is 0.709. The Balaban J connectivity index is 2.30. The maximum Gasteiger partial charge on any atom is 0.431 e. The van der Waals surface area contributed by atoms with Crippen molar-refractivity contribution < 1.29 is 26.3 Å². The summed E-state index contributed by atoms with van der Waals surface area (Å²) in [5, 5.41) is 2.23. The molecular weight excluding hydrogens is 320 g/mol. The smallest absolute Gasteiger partial charge is 0.352 e. The van der Waals surface area contributed by atoms with Gasteiger partial charge in [0, 0.05) is 5.69 Å². The fourth-order valence-electron chi connectivity index (χ4n) is 1.80. The SMILES string of the molecule is FC(F)(F)C(=Cc1ccc(C(F)(F)F)cc1)Nc1ccccc1. The third-order valence-corrected chi connectivity index (χ3v) is 2.91. The third kappa shape index (κ3) is 4.77. The minimum atomic E-state index is -4.67. The van der Waals surface area contributed by atoms with Gasteiger partial charge in [0.1, 0.15) is 5.70 Å². The predicted octanol–water partition coefficient (Wildman–Crippen LogP) is 5.72. The van der Waals surface area contributed by atoms with Gasteiger partial charge in [-0.1, -0.05) is 30.3 Å². The van der Waals surface area contributed by atoms with Gasteiger partial charge in [0.25, 0.3) is 0 Å². The lowest BCUT2D eigenvalue weighted by Gasteiger charge is -2.14. The van der Waals surface area contributed by atoms with E-state index in [-0.39, 0.29) is 11.3 Å². The van der Waals surface area contributed by atoms with Gasteiger partial charge in [-0.15, -0.1) is 0 Å².